The fraction of sp³-hybridized carbons (Fsp3) is 0.308. The van der Waals surface area contributed by atoms with E-state index in [0.717, 1.165) is 17.4 Å². The lowest BCUT2D eigenvalue weighted by Crippen LogP contribution is -2.48. The van der Waals surface area contributed by atoms with Crippen molar-refractivity contribution in [2.24, 2.45) is 5.73 Å². The van der Waals surface area contributed by atoms with Gasteiger partial charge in [0.25, 0.3) is 5.56 Å². The second-order valence-corrected chi connectivity index (χ2v) is 8.60. The molecule has 0 amide bonds. The molecule has 0 radical (unpaired) electrons. The van der Waals surface area contributed by atoms with Crippen molar-refractivity contribution >= 4 is 11.8 Å². The maximum absolute atomic E-state index is 13.7. The van der Waals surface area contributed by atoms with Gasteiger partial charge in [0, 0.05) is 25.2 Å². The zero-order chi connectivity index (χ0) is 24.9. The van der Waals surface area contributed by atoms with Crippen LogP contribution >= 0.6 is 0 Å². The van der Waals surface area contributed by atoms with Gasteiger partial charge in [-0.25, -0.2) is 9.59 Å². The Hall–Kier alpha value is -4.16. The molecule has 180 valence electrons. The first kappa shape index (κ1) is 24.0. The van der Waals surface area contributed by atoms with Crippen LogP contribution in [0.3, 0.4) is 0 Å². The number of esters is 1. The molecular formula is C26H27N5O4. The van der Waals surface area contributed by atoms with Crippen LogP contribution in [0.4, 0.5) is 5.82 Å². The van der Waals surface area contributed by atoms with Crippen molar-refractivity contribution in [1.29, 1.82) is 5.26 Å². The third kappa shape index (κ3) is 5.18. The van der Waals surface area contributed by atoms with Crippen LogP contribution in [-0.2, 0) is 17.8 Å². The van der Waals surface area contributed by atoms with Gasteiger partial charge >= 0.3 is 11.7 Å². The molecule has 0 spiro atoms. The van der Waals surface area contributed by atoms with Gasteiger partial charge in [0.05, 0.1) is 37.4 Å². The van der Waals surface area contributed by atoms with Crippen molar-refractivity contribution in [2.45, 2.75) is 32.0 Å². The standard InChI is InChI=1S/C26H27N5O4/c1-35-25(33)19-9-4-6-18(12-19)15-31-24(32)13-23(29-11-5-10-22(28)17-29)30(26(31)34)16-21-8-3-2-7-20(21)14-27/h2-4,6-9,12-13,22H,5,10-11,15-17,28H2,1H3/t22-/m1/s1. The van der Waals surface area contributed by atoms with Crippen molar-refractivity contribution in [3.8, 4) is 6.07 Å². The topological polar surface area (TPSA) is 123 Å². The number of nitrogens with zero attached hydrogens (tertiary/aromatic N) is 4. The summed E-state index contributed by atoms with van der Waals surface area (Å²) in [6, 6.07) is 17.3. The summed E-state index contributed by atoms with van der Waals surface area (Å²) in [5.41, 5.74) is 7.32. The van der Waals surface area contributed by atoms with E-state index in [-0.39, 0.29) is 19.1 Å². The van der Waals surface area contributed by atoms with Gasteiger partial charge in [0.1, 0.15) is 5.82 Å². The smallest absolute Gasteiger partial charge is 0.337 e. The van der Waals surface area contributed by atoms with Crippen LogP contribution in [0.15, 0.2) is 64.2 Å². The molecule has 2 heterocycles. The average Bonchev–Trinajstić information content (AvgIpc) is 2.88. The zero-order valence-corrected chi connectivity index (χ0v) is 19.5. The molecule has 0 aliphatic carbocycles. The molecule has 1 aliphatic rings. The Morgan fingerprint density at radius 2 is 1.91 bits per heavy atom. The van der Waals surface area contributed by atoms with Crippen molar-refractivity contribution in [1.82, 2.24) is 9.13 Å². The second-order valence-electron chi connectivity index (χ2n) is 8.60. The summed E-state index contributed by atoms with van der Waals surface area (Å²) in [4.78, 5) is 40.7. The largest absolute Gasteiger partial charge is 0.465 e. The highest BCUT2D eigenvalue weighted by Crippen LogP contribution is 2.19. The molecule has 1 saturated heterocycles. The summed E-state index contributed by atoms with van der Waals surface area (Å²) in [5, 5.41) is 9.55. The summed E-state index contributed by atoms with van der Waals surface area (Å²) < 4.78 is 7.44. The number of carbonyl (C=O) groups excluding carboxylic acids is 1. The molecular weight excluding hydrogens is 446 g/mol. The SMILES string of the molecule is COC(=O)c1cccc(Cn2c(=O)cc(N3CCC[C@@H](N)C3)n(Cc3ccccc3C#N)c2=O)c1. The van der Waals surface area contributed by atoms with E-state index in [1.807, 2.05) is 11.0 Å². The van der Waals surface area contributed by atoms with Crippen LogP contribution in [0.25, 0.3) is 0 Å². The Kier molecular flexibility index (Phi) is 7.13. The van der Waals surface area contributed by atoms with Crippen LogP contribution in [0.1, 0.15) is 39.9 Å². The van der Waals surface area contributed by atoms with E-state index < -0.39 is 17.2 Å². The highest BCUT2D eigenvalue weighted by Gasteiger charge is 2.23. The van der Waals surface area contributed by atoms with Crippen LogP contribution in [-0.4, -0.2) is 41.3 Å². The molecule has 9 heteroatoms. The van der Waals surface area contributed by atoms with Gasteiger partial charge in [-0.1, -0.05) is 30.3 Å². The molecule has 2 N–H and O–H groups in total. The molecule has 1 atom stereocenters. The summed E-state index contributed by atoms with van der Waals surface area (Å²) >= 11 is 0. The van der Waals surface area contributed by atoms with Gasteiger partial charge < -0.3 is 15.4 Å². The van der Waals surface area contributed by atoms with E-state index in [9.17, 15) is 19.6 Å². The van der Waals surface area contributed by atoms with Crippen molar-refractivity contribution < 1.29 is 9.53 Å². The Morgan fingerprint density at radius 1 is 1.11 bits per heavy atom. The molecule has 0 saturated carbocycles. The van der Waals surface area contributed by atoms with Gasteiger partial charge in [0.2, 0.25) is 0 Å². The Morgan fingerprint density at radius 3 is 2.66 bits per heavy atom. The van der Waals surface area contributed by atoms with Gasteiger partial charge in [-0.3, -0.25) is 13.9 Å². The number of hydrogen-bond donors (Lipinski definition) is 1. The summed E-state index contributed by atoms with van der Waals surface area (Å²) in [6.07, 6.45) is 1.74. The number of nitrogens with two attached hydrogens (primary N) is 1. The number of aromatic nitrogens is 2. The van der Waals surface area contributed by atoms with Gasteiger partial charge in [-0.2, -0.15) is 5.26 Å². The molecule has 35 heavy (non-hydrogen) atoms. The lowest BCUT2D eigenvalue weighted by atomic mass is 10.1. The van der Waals surface area contributed by atoms with Crippen LogP contribution in [0.5, 0.6) is 0 Å². The number of benzene rings is 2. The maximum atomic E-state index is 13.7. The number of hydrogen-bond acceptors (Lipinski definition) is 7. The third-order valence-electron chi connectivity index (χ3n) is 6.19. The molecule has 0 bridgehead atoms. The normalized spacial score (nSPS) is 15.5. The number of nitriles is 1. The molecule has 2 aromatic carbocycles. The average molecular weight is 474 g/mol. The van der Waals surface area contributed by atoms with E-state index in [2.05, 4.69) is 6.07 Å². The number of ether oxygens (including phenoxy) is 1. The first-order valence-electron chi connectivity index (χ1n) is 11.4. The molecule has 3 aromatic rings. The van der Waals surface area contributed by atoms with E-state index in [0.29, 0.717) is 41.2 Å². The van der Waals surface area contributed by atoms with Crippen molar-refractivity contribution in [3.63, 3.8) is 0 Å². The number of anilines is 1. The number of carbonyl (C=O) groups is 1. The number of piperidine rings is 1. The third-order valence-corrected chi connectivity index (χ3v) is 6.19. The highest BCUT2D eigenvalue weighted by molar-refractivity contribution is 5.89. The predicted octanol–water partition coefficient (Wildman–Crippen LogP) is 1.69. The number of rotatable bonds is 6. The quantitative estimate of drug-likeness (QED) is 0.541. The van der Waals surface area contributed by atoms with Crippen LogP contribution < -0.4 is 21.9 Å². The fourth-order valence-corrected chi connectivity index (χ4v) is 4.41. The van der Waals surface area contributed by atoms with E-state index >= 15 is 0 Å². The zero-order valence-electron chi connectivity index (χ0n) is 19.5. The molecule has 1 fully saturated rings. The molecule has 4 rings (SSSR count). The van der Waals surface area contributed by atoms with Crippen LogP contribution in [0.2, 0.25) is 0 Å². The molecule has 9 nitrogen and oxygen atoms in total. The first-order valence-corrected chi connectivity index (χ1v) is 11.4. The second kappa shape index (κ2) is 10.4. The predicted molar refractivity (Wildman–Crippen MR) is 132 cm³/mol. The van der Waals surface area contributed by atoms with Crippen LogP contribution in [0, 0.1) is 11.3 Å². The summed E-state index contributed by atoms with van der Waals surface area (Å²) in [6.45, 7) is 1.33. The minimum Gasteiger partial charge on any atom is -0.465 e. The molecule has 1 aromatic heterocycles. The minimum atomic E-state index is -0.499. The summed E-state index contributed by atoms with van der Waals surface area (Å²) in [5.74, 6) is -0.0102. The first-order chi connectivity index (χ1) is 16.9. The van der Waals surface area contributed by atoms with E-state index in [4.69, 9.17) is 10.5 Å². The van der Waals surface area contributed by atoms with Gasteiger partial charge in [-0.05, 0) is 42.2 Å². The van der Waals surface area contributed by atoms with E-state index in [1.54, 1.807) is 42.5 Å². The monoisotopic (exact) mass is 473 g/mol. The van der Waals surface area contributed by atoms with E-state index in [1.165, 1.54) is 17.7 Å². The maximum Gasteiger partial charge on any atom is 0.337 e. The lowest BCUT2D eigenvalue weighted by Gasteiger charge is -2.34. The Labute approximate surface area is 202 Å². The van der Waals surface area contributed by atoms with Crippen molar-refractivity contribution in [2.75, 3.05) is 25.1 Å². The fourth-order valence-electron chi connectivity index (χ4n) is 4.41. The van der Waals surface area contributed by atoms with Gasteiger partial charge in [-0.15, -0.1) is 0 Å². The molecule has 1 aliphatic heterocycles. The van der Waals surface area contributed by atoms with Crippen molar-refractivity contribution in [3.05, 3.63) is 97.7 Å². The highest BCUT2D eigenvalue weighted by atomic mass is 16.5. The number of methoxy groups -OCH3 is 1. The summed E-state index contributed by atoms with van der Waals surface area (Å²) in [7, 11) is 1.29. The Balaban J connectivity index is 1.81. The Bertz CT molecular complexity index is 1400. The minimum absolute atomic E-state index is 0.0117. The lowest BCUT2D eigenvalue weighted by molar-refractivity contribution is 0.0600. The molecule has 0 unspecified atom stereocenters. The van der Waals surface area contributed by atoms with Gasteiger partial charge in [0.15, 0.2) is 0 Å².